The molecule has 0 atom stereocenters. The third-order valence-corrected chi connectivity index (χ3v) is 3.29. The second-order valence-electron chi connectivity index (χ2n) is 5.19. The number of hydrogen-bond acceptors (Lipinski definition) is 3. The van der Waals surface area contributed by atoms with E-state index in [0.717, 1.165) is 17.3 Å². The molecule has 112 valence electrons. The molecule has 0 saturated heterocycles. The van der Waals surface area contributed by atoms with Crippen LogP contribution in [0, 0.1) is 0 Å². The molecule has 0 aliphatic heterocycles. The normalized spacial score (nSPS) is 11.0. The van der Waals surface area contributed by atoms with E-state index in [9.17, 15) is 9.59 Å². The fraction of sp³-hybridized carbons (Fsp3) is 0.375. The van der Waals surface area contributed by atoms with Gasteiger partial charge < -0.3 is 10.3 Å². The number of amides is 1. The number of carbonyl (C=O) groups is 2. The lowest BCUT2D eigenvalue weighted by Crippen LogP contribution is -2.37. The number of para-hydroxylation sites is 1. The molecule has 0 spiro atoms. The van der Waals surface area contributed by atoms with Gasteiger partial charge in [0.2, 0.25) is 5.91 Å². The number of benzene rings is 1. The van der Waals surface area contributed by atoms with Gasteiger partial charge >= 0.3 is 0 Å². The number of Topliss-reactive ketones (excluding diaryl/α,β-unsaturated/α-hetero) is 1. The van der Waals surface area contributed by atoms with E-state index in [1.54, 1.807) is 18.1 Å². The van der Waals surface area contributed by atoms with Crippen LogP contribution < -0.4 is 5.32 Å². The van der Waals surface area contributed by atoms with E-state index in [4.69, 9.17) is 0 Å². The quantitative estimate of drug-likeness (QED) is 0.763. The Kier molecular flexibility index (Phi) is 5.11. The van der Waals surface area contributed by atoms with Crippen LogP contribution in [0.5, 0.6) is 0 Å². The average Bonchev–Trinajstić information content (AvgIpc) is 2.88. The molecule has 0 aliphatic rings. The second kappa shape index (κ2) is 7.04. The van der Waals surface area contributed by atoms with Gasteiger partial charge in [-0.05, 0) is 19.5 Å². The Morgan fingerprint density at radius 2 is 2.00 bits per heavy atom. The number of nitrogens with zero attached hydrogens (tertiary/aromatic N) is 1. The highest BCUT2D eigenvalue weighted by Gasteiger charge is 2.15. The maximum Gasteiger partial charge on any atom is 0.234 e. The Hall–Kier alpha value is -2.14. The fourth-order valence-corrected chi connectivity index (χ4v) is 2.25. The molecular weight excluding hydrogens is 266 g/mol. The van der Waals surface area contributed by atoms with Gasteiger partial charge in [0.05, 0.1) is 13.1 Å². The zero-order valence-electron chi connectivity index (χ0n) is 12.5. The molecule has 1 heterocycles. The molecule has 21 heavy (non-hydrogen) atoms. The van der Waals surface area contributed by atoms with Gasteiger partial charge in [-0.25, -0.2) is 0 Å². The summed E-state index contributed by atoms with van der Waals surface area (Å²) < 4.78 is 0. The summed E-state index contributed by atoms with van der Waals surface area (Å²) >= 11 is 0. The number of aromatic nitrogens is 1. The highest BCUT2D eigenvalue weighted by molar-refractivity contribution is 6.08. The number of aromatic amines is 1. The van der Waals surface area contributed by atoms with E-state index in [1.807, 2.05) is 31.2 Å². The van der Waals surface area contributed by atoms with E-state index < -0.39 is 0 Å². The van der Waals surface area contributed by atoms with E-state index in [2.05, 4.69) is 10.3 Å². The molecule has 1 aromatic carbocycles. The summed E-state index contributed by atoms with van der Waals surface area (Å²) in [6.45, 7) is 3.13. The van der Waals surface area contributed by atoms with Crippen LogP contribution in [0.25, 0.3) is 10.9 Å². The number of H-pyrrole nitrogens is 1. The molecule has 1 aromatic heterocycles. The number of fused-ring (bicyclic) bond motifs is 1. The van der Waals surface area contributed by atoms with Gasteiger partial charge in [0.1, 0.15) is 0 Å². The van der Waals surface area contributed by atoms with Crippen LogP contribution in [0.3, 0.4) is 0 Å². The first kappa shape index (κ1) is 15.3. The molecule has 0 unspecified atom stereocenters. The molecule has 0 radical (unpaired) electrons. The number of carbonyl (C=O) groups excluding carboxylic acids is 2. The minimum atomic E-state index is -0.0499. The van der Waals surface area contributed by atoms with Crippen LogP contribution >= 0.6 is 0 Å². The maximum atomic E-state index is 12.3. The van der Waals surface area contributed by atoms with E-state index in [1.165, 1.54) is 0 Å². The lowest BCUT2D eigenvalue weighted by molar-refractivity contribution is -0.121. The lowest BCUT2D eigenvalue weighted by atomic mass is 10.1. The van der Waals surface area contributed by atoms with Crippen LogP contribution in [-0.2, 0) is 4.79 Å². The van der Waals surface area contributed by atoms with Crippen LogP contribution in [0.2, 0.25) is 0 Å². The molecule has 2 rings (SSSR count). The van der Waals surface area contributed by atoms with Crippen molar-refractivity contribution in [3.8, 4) is 0 Å². The lowest BCUT2D eigenvalue weighted by Gasteiger charge is -2.15. The van der Waals surface area contributed by atoms with Crippen molar-refractivity contribution in [2.24, 2.45) is 0 Å². The van der Waals surface area contributed by atoms with Crippen LogP contribution in [-0.4, -0.2) is 48.3 Å². The Morgan fingerprint density at radius 1 is 1.24 bits per heavy atom. The van der Waals surface area contributed by atoms with Crippen molar-refractivity contribution in [1.29, 1.82) is 0 Å². The highest BCUT2D eigenvalue weighted by atomic mass is 16.2. The number of rotatable bonds is 7. The van der Waals surface area contributed by atoms with Crippen molar-refractivity contribution < 1.29 is 9.59 Å². The van der Waals surface area contributed by atoms with Crippen molar-refractivity contribution in [2.45, 2.75) is 13.3 Å². The van der Waals surface area contributed by atoms with Gasteiger partial charge in [0.15, 0.2) is 5.78 Å². The standard InChI is InChI=1S/C16H21N3O2/c1-3-8-17-16(21)11-19(2)10-15(20)13-9-18-14-7-5-4-6-12(13)14/h4-7,9,18H,3,8,10-11H2,1-2H3,(H,17,21). The number of nitrogens with one attached hydrogen (secondary N) is 2. The van der Waals surface area contributed by atoms with Crippen LogP contribution in [0.4, 0.5) is 0 Å². The third-order valence-electron chi connectivity index (χ3n) is 3.29. The molecule has 5 nitrogen and oxygen atoms in total. The fourth-order valence-electron chi connectivity index (χ4n) is 2.25. The summed E-state index contributed by atoms with van der Waals surface area (Å²) in [5, 5.41) is 3.73. The smallest absolute Gasteiger partial charge is 0.234 e. The summed E-state index contributed by atoms with van der Waals surface area (Å²) in [4.78, 5) is 28.8. The third kappa shape index (κ3) is 3.92. The highest BCUT2D eigenvalue weighted by Crippen LogP contribution is 2.18. The zero-order chi connectivity index (χ0) is 15.2. The van der Waals surface area contributed by atoms with Gasteiger partial charge in [-0.2, -0.15) is 0 Å². The van der Waals surface area contributed by atoms with E-state index in [-0.39, 0.29) is 24.8 Å². The van der Waals surface area contributed by atoms with Crippen molar-refractivity contribution >= 4 is 22.6 Å². The predicted molar refractivity (Wildman–Crippen MR) is 83.4 cm³/mol. The Bertz CT molecular complexity index is 633. The summed E-state index contributed by atoms with van der Waals surface area (Å²) in [7, 11) is 1.78. The van der Waals surface area contributed by atoms with Gasteiger partial charge in [-0.1, -0.05) is 25.1 Å². The minimum absolute atomic E-state index is 0.0123. The SMILES string of the molecule is CCCNC(=O)CN(C)CC(=O)c1c[nH]c2ccccc12. The average molecular weight is 287 g/mol. The first-order valence-corrected chi connectivity index (χ1v) is 7.16. The van der Waals surface area contributed by atoms with E-state index >= 15 is 0 Å². The Labute approximate surface area is 124 Å². The first-order valence-electron chi connectivity index (χ1n) is 7.16. The second-order valence-corrected chi connectivity index (χ2v) is 5.19. The molecule has 0 bridgehead atoms. The predicted octanol–water partition coefficient (Wildman–Crippen LogP) is 1.81. The molecule has 1 amide bonds. The molecule has 0 fully saturated rings. The minimum Gasteiger partial charge on any atom is -0.360 e. The topological polar surface area (TPSA) is 65.2 Å². The largest absolute Gasteiger partial charge is 0.360 e. The zero-order valence-corrected chi connectivity index (χ0v) is 12.5. The monoisotopic (exact) mass is 287 g/mol. The molecular formula is C16H21N3O2. The Balaban J connectivity index is 1.96. The summed E-state index contributed by atoms with van der Waals surface area (Å²) in [5.41, 5.74) is 1.62. The van der Waals surface area contributed by atoms with Gasteiger partial charge in [0, 0.05) is 29.2 Å². The van der Waals surface area contributed by atoms with Gasteiger partial charge in [0.25, 0.3) is 0 Å². The summed E-state index contributed by atoms with van der Waals surface area (Å²) in [5.74, 6) is -0.0377. The molecule has 2 aromatic rings. The van der Waals surface area contributed by atoms with Crippen molar-refractivity contribution in [3.05, 3.63) is 36.0 Å². The van der Waals surface area contributed by atoms with Gasteiger partial charge in [-0.15, -0.1) is 0 Å². The Morgan fingerprint density at radius 3 is 2.76 bits per heavy atom. The maximum absolute atomic E-state index is 12.3. The van der Waals surface area contributed by atoms with E-state index in [0.29, 0.717) is 12.1 Å². The number of likely N-dealkylation sites (N-methyl/N-ethyl adjacent to an activating group) is 1. The molecule has 5 heteroatoms. The summed E-state index contributed by atoms with van der Waals surface area (Å²) in [6, 6.07) is 7.70. The summed E-state index contributed by atoms with van der Waals surface area (Å²) in [6.07, 6.45) is 2.64. The molecule has 2 N–H and O–H groups in total. The molecule has 0 saturated carbocycles. The van der Waals surface area contributed by atoms with Crippen LogP contribution in [0.1, 0.15) is 23.7 Å². The van der Waals surface area contributed by atoms with Crippen LogP contribution in [0.15, 0.2) is 30.5 Å². The number of ketones is 1. The van der Waals surface area contributed by atoms with Crippen molar-refractivity contribution in [1.82, 2.24) is 15.2 Å². The first-order chi connectivity index (χ1) is 10.1. The van der Waals surface area contributed by atoms with Gasteiger partial charge in [-0.3, -0.25) is 14.5 Å². The van der Waals surface area contributed by atoms with Crippen molar-refractivity contribution in [2.75, 3.05) is 26.7 Å². The number of hydrogen-bond donors (Lipinski definition) is 2. The van der Waals surface area contributed by atoms with Crippen molar-refractivity contribution in [3.63, 3.8) is 0 Å². The molecule has 0 aliphatic carbocycles.